The van der Waals surface area contributed by atoms with Crippen LogP contribution in [-0.2, 0) is 15.9 Å². The first-order chi connectivity index (χ1) is 16.1. The Labute approximate surface area is 197 Å². The molecule has 172 valence electrons. The number of anilines is 1. The predicted octanol–water partition coefficient (Wildman–Crippen LogP) is 4.61. The number of morpholine rings is 1. The molecule has 0 unspecified atom stereocenters. The monoisotopic (exact) mass is 465 g/mol. The fraction of sp³-hybridized carbons (Fsp3) is 0.346. The number of ether oxygens (including phenoxy) is 3. The van der Waals surface area contributed by atoms with E-state index in [1.54, 1.807) is 31.0 Å². The third-order valence-electron chi connectivity index (χ3n) is 5.95. The van der Waals surface area contributed by atoms with Crippen LogP contribution < -0.4 is 15.1 Å². The second-order valence-corrected chi connectivity index (χ2v) is 9.35. The highest BCUT2D eigenvalue weighted by Gasteiger charge is 2.22. The molecule has 1 atom stereocenters. The van der Waals surface area contributed by atoms with E-state index >= 15 is 0 Å². The summed E-state index contributed by atoms with van der Waals surface area (Å²) in [6.07, 6.45) is 0.845. The first-order valence-electron chi connectivity index (χ1n) is 11.2. The molecule has 0 N–H and O–H groups in total. The molecule has 0 radical (unpaired) electrons. The van der Waals surface area contributed by atoms with Gasteiger partial charge in [0.25, 0.3) is 0 Å². The van der Waals surface area contributed by atoms with E-state index < -0.39 is 0 Å². The summed E-state index contributed by atoms with van der Waals surface area (Å²) in [7, 11) is 1.69. The Bertz CT molecular complexity index is 1200. The number of rotatable bonds is 6. The molecule has 7 heteroatoms. The van der Waals surface area contributed by atoms with Crippen LogP contribution in [0.3, 0.4) is 0 Å². The second kappa shape index (κ2) is 9.63. The summed E-state index contributed by atoms with van der Waals surface area (Å²) in [5, 5.41) is 0. The Kier molecular flexibility index (Phi) is 6.44. The van der Waals surface area contributed by atoms with Crippen molar-refractivity contribution in [3.05, 3.63) is 69.9 Å². The Balaban J connectivity index is 1.44. The van der Waals surface area contributed by atoms with E-state index in [4.69, 9.17) is 18.6 Å². The summed E-state index contributed by atoms with van der Waals surface area (Å²) < 4.78 is 22.8. The van der Waals surface area contributed by atoms with Gasteiger partial charge in [-0.15, -0.1) is 0 Å². The SMILES string of the molecule is CO[C@@H](C)COc1ccc2c(c1)Cc1cccc(-c3cc(=O)cc(N4CCOCC4)o3)c1S2. The van der Waals surface area contributed by atoms with E-state index in [0.29, 0.717) is 31.5 Å². The molecule has 2 aliphatic rings. The van der Waals surface area contributed by atoms with Gasteiger partial charge >= 0.3 is 0 Å². The number of fused-ring (bicyclic) bond motifs is 2. The van der Waals surface area contributed by atoms with Crippen molar-refractivity contribution in [2.75, 3.05) is 44.9 Å². The number of methoxy groups -OCH3 is 1. The summed E-state index contributed by atoms with van der Waals surface area (Å²) in [6.45, 7) is 5.21. The van der Waals surface area contributed by atoms with Crippen molar-refractivity contribution >= 4 is 17.6 Å². The standard InChI is InChI=1S/C26H27NO5S/c1-17(29-2)16-31-21-6-7-24-19(13-21)12-18-4-3-5-22(26(18)33-24)23-14-20(28)15-25(32-23)27-8-10-30-11-9-27/h3-7,13-15,17H,8-12,16H2,1-2H3/t17-/m0/s1. The highest BCUT2D eigenvalue weighted by atomic mass is 32.2. The highest BCUT2D eigenvalue weighted by Crippen LogP contribution is 2.45. The van der Waals surface area contributed by atoms with Gasteiger partial charge in [0.1, 0.15) is 18.1 Å². The molecule has 33 heavy (non-hydrogen) atoms. The van der Waals surface area contributed by atoms with Gasteiger partial charge in [-0.25, -0.2) is 0 Å². The molecule has 1 aromatic heterocycles. The van der Waals surface area contributed by atoms with Crippen LogP contribution in [0.25, 0.3) is 11.3 Å². The van der Waals surface area contributed by atoms with Crippen LogP contribution in [0.1, 0.15) is 18.1 Å². The lowest BCUT2D eigenvalue weighted by Crippen LogP contribution is -2.36. The van der Waals surface area contributed by atoms with E-state index in [2.05, 4.69) is 23.1 Å². The zero-order valence-electron chi connectivity index (χ0n) is 18.8. The van der Waals surface area contributed by atoms with E-state index in [0.717, 1.165) is 35.7 Å². The fourth-order valence-electron chi connectivity index (χ4n) is 4.06. The normalized spacial score (nSPS) is 16.1. The molecule has 0 amide bonds. The molecule has 0 bridgehead atoms. The fourth-order valence-corrected chi connectivity index (χ4v) is 5.22. The lowest BCUT2D eigenvalue weighted by molar-refractivity contribution is 0.0716. The van der Waals surface area contributed by atoms with E-state index in [-0.39, 0.29) is 11.5 Å². The molecular weight excluding hydrogens is 438 g/mol. The van der Waals surface area contributed by atoms with Gasteiger partial charge in [-0.3, -0.25) is 4.79 Å². The Morgan fingerprint density at radius 2 is 1.94 bits per heavy atom. The summed E-state index contributed by atoms with van der Waals surface area (Å²) in [5.74, 6) is 2.05. The number of nitrogens with zero attached hydrogens (tertiary/aromatic N) is 1. The summed E-state index contributed by atoms with van der Waals surface area (Å²) in [4.78, 5) is 16.9. The largest absolute Gasteiger partial charge is 0.491 e. The van der Waals surface area contributed by atoms with Gasteiger partial charge in [0.2, 0.25) is 0 Å². The maximum absolute atomic E-state index is 12.5. The maximum atomic E-state index is 12.5. The van der Waals surface area contributed by atoms with Gasteiger partial charge in [-0.1, -0.05) is 30.0 Å². The number of hydrogen-bond donors (Lipinski definition) is 0. The van der Waals surface area contributed by atoms with Crippen LogP contribution in [-0.4, -0.2) is 46.1 Å². The van der Waals surface area contributed by atoms with Crippen molar-refractivity contribution in [2.24, 2.45) is 0 Å². The molecule has 5 rings (SSSR count). The molecule has 0 saturated carbocycles. The lowest BCUT2D eigenvalue weighted by atomic mass is 10.0. The topological polar surface area (TPSA) is 61.1 Å². The van der Waals surface area contributed by atoms with Crippen LogP contribution in [0.5, 0.6) is 5.75 Å². The smallest absolute Gasteiger partial charge is 0.200 e. The van der Waals surface area contributed by atoms with E-state index in [9.17, 15) is 4.79 Å². The maximum Gasteiger partial charge on any atom is 0.200 e. The molecule has 2 aromatic carbocycles. The summed E-state index contributed by atoms with van der Waals surface area (Å²) >= 11 is 1.71. The lowest BCUT2D eigenvalue weighted by Gasteiger charge is -2.27. The quantitative estimate of drug-likeness (QED) is 0.412. The van der Waals surface area contributed by atoms with E-state index in [1.807, 2.05) is 25.1 Å². The third-order valence-corrected chi connectivity index (χ3v) is 7.25. The minimum atomic E-state index is -0.0522. The van der Waals surface area contributed by atoms with Crippen LogP contribution in [0, 0.1) is 0 Å². The number of benzene rings is 2. The van der Waals surface area contributed by atoms with Gasteiger partial charge in [0, 0.05) is 47.7 Å². The zero-order chi connectivity index (χ0) is 22.8. The molecular formula is C26H27NO5S. The molecule has 1 saturated heterocycles. The minimum absolute atomic E-state index is 0.0431. The Morgan fingerprint density at radius 1 is 1.09 bits per heavy atom. The molecule has 0 aliphatic carbocycles. The molecule has 1 fully saturated rings. The minimum Gasteiger partial charge on any atom is -0.491 e. The number of hydrogen-bond acceptors (Lipinski definition) is 7. The first kappa shape index (κ1) is 22.1. The predicted molar refractivity (Wildman–Crippen MR) is 129 cm³/mol. The second-order valence-electron chi connectivity index (χ2n) is 8.29. The van der Waals surface area contributed by atoms with Crippen molar-refractivity contribution in [1.29, 1.82) is 0 Å². The van der Waals surface area contributed by atoms with Gasteiger partial charge in [-0.2, -0.15) is 0 Å². The van der Waals surface area contributed by atoms with Crippen LogP contribution in [0.15, 0.2) is 67.5 Å². The third kappa shape index (κ3) is 4.81. The van der Waals surface area contributed by atoms with Crippen molar-refractivity contribution in [3.8, 4) is 17.1 Å². The zero-order valence-corrected chi connectivity index (χ0v) is 19.7. The Morgan fingerprint density at radius 3 is 2.76 bits per heavy atom. The molecule has 3 heterocycles. The van der Waals surface area contributed by atoms with Crippen LogP contribution >= 0.6 is 11.8 Å². The van der Waals surface area contributed by atoms with Gasteiger partial charge < -0.3 is 23.5 Å². The average Bonchev–Trinajstić information content (AvgIpc) is 2.85. The first-order valence-corrected chi connectivity index (χ1v) is 12.0. The molecule has 2 aliphatic heterocycles. The summed E-state index contributed by atoms with van der Waals surface area (Å²) in [5.41, 5.74) is 3.34. The molecule has 3 aromatic rings. The molecule has 6 nitrogen and oxygen atoms in total. The highest BCUT2D eigenvalue weighted by molar-refractivity contribution is 7.99. The van der Waals surface area contributed by atoms with Gasteiger partial charge in [-0.05, 0) is 42.7 Å². The van der Waals surface area contributed by atoms with Crippen molar-refractivity contribution in [3.63, 3.8) is 0 Å². The van der Waals surface area contributed by atoms with Gasteiger partial charge in [0.15, 0.2) is 11.3 Å². The average molecular weight is 466 g/mol. The van der Waals surface area contributed by atoms with Crippen molar-refractivity contribution in [2.45, 2.75) is 29.2 Å². The van der Waals surface area contributed by atoms with Crippen LogP contribution in [0.4, 0.5) is 5.88 Å². The van der Waals surface area contributed by atoms with Crippen molar-refractivity contribution < 1.29 is 18.6 Å². The van der Waals surface area contributed by atoms with Crippen LogP contribution in [0.2, 0.25) is 0 Å². The van der Waals surface area contributed by atoms with E-state index in [1.165, 1.54) is 16.0 Å². The van der Waals surface area contributed by atoms with Crippen molar-refractivity contribution in [1.82, 2.24) is 0 Å². The summed E-state index contributed by atoms with van der Waals surface area (Å²) in [6, 6.07) is 15.6. The molecule has 0 spiro atoms. The Hall–Kier alpha value is -2.74. The van der Waals surface area contributed by atoms with Gasteiger partial charge in [0.05, 0.1) is 19.3 Å².